The van der Waals surface area contributed by atoms with Gasteiger partial charge in [0, 0.05) is 19.5 Å². The Hall–Kier alpha value is -0.610. The Balaban J connectivity index is 2.02. The minimum Gasteiger partial charge on any atom is -0.395 e. The molecule has 0 aromatic carbocycles. The third-order valence-corrected chi connectivity index (χ3v) is 2.92. The average molecular weight is 184 g/mol. The molecule has 13 heavy (non-hydrogen) atoms. The Bertz CT molecular complexity index is 208. The molecule has 0 aliphatic carbocycles. The number of carbonyl (C=O) groups excluding carboxylic acids is 1. The molecule has 1 amide bonds. The van der Waals surface area contributed by atoms with Gasteiger partial charge in [0.2, 0.25) is 5.91 Å². The van der Waals surface area contributed by atoms with Crippen LogP contribution in [0.4, 0.5) is 0 Å². The number of hydrogen-bond acceptors (Lipinski definition) is 3. The summed E-state index contributed by atoms with van der Waals surface area (Å²) in [5, 5.41) is 13.0. The lowest BCUT2D eigenvalue weighted by atomic mass is 10.2. The number of aliphatic hydroxyl groups excluding tert-OH is 1. The third-order valence-electron chi connectivity index (χ3n) is 2.92. The fourth-order valence-corrected chi connectivity index (χ4v) is 2.23. The molecule has 2 aliphatic heterocycles. The third kappa shape index (κ3) is 1.56. The lowest BCUT2D eigenvalue weighted by Gasteiger charge is -2.32. The van der Waals surface area contributed by atoms with Gasteiger partial charge >= 0.3 is 0 Å². The van der Waals surface area contributed by atoms with Crippen molar-refractivity contribution in [3.8, 4) is 0 Å². The summed E-state index contributed by atoms with van der Waals surface area (Å²) in [6.07, 6.45) is 3.75. The van der Waals surface area contributed by atoms with Gasteiger partial charge in [-0.25, -0.2) is 5.01 Å². The smallest absolute Gasteiger partial charge is 0.236 e. The zero-order valence-electron chi connectivity index (χ0n) is 7.78. The van der Waals surface area contributed by atoms with Crippen LogP contribution in [-0.2, 0) is 4.79 Å². The second kappa shape index (κ2) is 3.64. The molecule has 0 bridgehead atoms. The fourth-order valence-electron chi connectivity index (χ4n) is 2.23. The van der Waals surface area contributed by atoms with Crippen molar-refractivity contribution in [2.24, 2.45) is 0 Å². The summed E-state index contributed by atoms with van der Waals surface area (Å²) in [5.74, 6) is 0.223. The van der Waals surface area contributed by atoms with E-state index in [1.165, 1.54) is 0 Å². The largest absolute Gasteiger partial charge is 0.395 e. The zero-order chi connectivity index (χ0) is 9.26. The first-order valence-corrected chi connectivity index (χ1v) is 5.00. The predicted octanol–water partition coefficient (Wildman–Crippen LogP) is -0.0195. The summed E-state index contributed by atoms with van der Waals surface area (Å²) in [4.78, 5) is 11.4. The first kappa shape index (κ1) is 8.97. The van der Waals surface area contributed by atoms with Gasteiger partial charge in [-0.3, -0.25) is 9.80 Å². The van der Waals surface area contributed by atoms with Gasteiger partial charge in [-0.15, -0.1) is 0 Å². The molecule has 0 unspecified atom stereocenters. The predicted molar refractivity (Wildman–Crippen MR) is 47.8 cm³/mol. The number of aliphatic hydroxyl groups is 1. The molecule has 4 heteroatoms. The Labute approximate surface area is 78.1 Å². The molecule has 0 spiro atoms. The van der Waals surface area contributed by atoms with Crippen LogP contribution in [0.25, 0.3) is 0 Å². The van der Waals surface area contributed by atoms with Gasteiger partial charge in [-0.1, -0.05) is 0 Å². The summed E-state index contributed by atoms with van der Waals surface area (Å²) in [6, 6.07) is 0.182. The number of rotatable bonds is 2. The van der Waals surface area contributed by atoms with E-state index in [9.17, 15) is 4.79 Å². The molecule has 2 fully saturated rings. The van der Waals surface area contributed by atoms with Crippen molar-refractivity contribution in [1.29, 1.82) is 0 Å². The lowest BCUT2D eigenvalue weighted by Crippen LogP contribution is -2.47. The van der Waals surface area contributed by atoms with Crippen molar-refractivity contribution in [2.45, 2.75) is 31.7 Å². The molecule has 2 aliphatic rings. The van der Waals surface area contributed by atoms with Crippen LogP contribution < -0.4 is 0 Å². The second-order valence-corrected chi connectivity index (χ2v) is 3.76. The SMILES string of the molecule is O=C1CCCN1N1CCC[C@H]1CO. The second-order valence-electron chi connectivity index (χ2n) is 3.76. The van der Waals surface area contributed by atoms with Crippen LogP contribution >= 0.6 is 0 Å². The Morgan fingerprint density at radius 3 is 2.85 bits per heavy atom. The molecule has 0 radical (unpaired) electrons. The summed E-state index contributed by atoms with van der Waals surface area (Å²) in [6.45, 7) is 1.94. The van der Waals surface area contributed by atoms with Crippen molar-refractivity contribution < 1.29 is 9.90 Å². The fraction of sp³-hybridized carbons (Fsp3) is 0.889. The van der Waals surface area contributed by atoms with Gasteiger partial charge < -0.3 is 5.11 Å². The van der Waals surface area contributed by atoms with Crippen molar-refractivity contribution in [1.82, 2.24) is 10.0 Å². The van der Waals surface area contributed by atoms with Gasteiger partial charge in [0.25, 0.3) is 0 Å². The number of nitrogens with zero attached hydrogens (tertiary/aromatic N) is 2. The highest BCUT2D eigenvalue weighted by Gasteiger charge is 2.33. The van der Waals surface area contributed by atoms with E-state index in [0.29, 0.717) is 6.42 Å². The van der Waals surface area contributed by atoms with Crippen LogP contribution in [0.1, 0.15) is 25.7 Å². The quantitative estimate of drug-likeness (QED) is 0.656. The molecule has 4 nitrogen and oxygen atoms in total. The Morgan fingerprint density at radius 1 is 1.38 bits per heavy atom. The summed E-state index contributed by atoms with van der Waals surface area (Å²) >= 11 is 0. The molecular weight excluding hydrogens is 168 g/mol. The number of hydrogen-bond donors (Lipinski definition) is 1. The van der Waals surface area contributed by atoms with Crippen LogP contribution in [0.5, 0.6) is 0 Å². The van der Waals surface area contributed by atoms with Crippen LogP contribution in [0, 0.1) is 0 Å². The highest BCUT2D eigenvalue weighted by atomic mass is 16.3. The lowest BCUT2D eigenvalue weighted by molar-refractivity contribution is -0.145. The van der Waals surface area contributed by atoms with Crippen LogP contribution in [0.3, 0.4) is 0 Å². The molecule has 0 saturated carbocycles. The first-order valence-electron chi connectivity index (χ1n) is 5.00. The van der Waals surface area contributed by atoms with Crippen LogP contribution in [0.15, 0.2) is 0 Å². The van der Waals surface area contributed by atoms with E-state index >= 15 is 0 Å². The Kier molecular flexibility index (Phi) is 2.51. The molecule has 0 aromatic rings. The normalized spacial score (nSPS) is 30.4. The van der Waals surface area contributed by atoms with E-state index in [2.05, 4.69) is 5.01 Å². The summed E-state index contributed by atoms with van der Waals surface area (Å²) in [7, 11) is 0. The van der Waals surface area contributed by atoms with Gasteiger partial charge in [-0.05, 0) is 19.3 Å². The van der Waals surface area contributed by atoms with Gasteiger partial charge in [0.05, 0.1) is 12.6 Å². The maximum atomic E-state index is 11.4. The minimum absolute atomic E-state index is 0.170. The van der Waals surface area contributed by atoms with Crippen molar-refractivity contribution in [3.63, 3.8) is 0 Å². The molecule has 2 saturated heterocycles. The highest BCUT2D eigenvalue weighted by Crippen LogP contribution is 2.23. The van der Waals surface area contributed by atoms with Gasteiger partial charge in [0.1, 0.15) is 0 Å². The maximum absolute atomic E-state index is 11.4. The van der Waals surface area contributed by atoms with E-state index in [1.54, 1.807) is 0 Å². The van der Waals surface area contributed by atoms with Gasteiger partial charge in [-0.2, -0.15) is 0 Å². The van der Waals surface area contributed by atoms with Crippen molar-refractivity contribution in [2.75, 3.05) is 19.7 Å². The first-order chi connectivity index (χ1) is 6.33. The number of carbonyl (C=O) groups is 1. The van der Waals surface area contributed by atoms with E-state index in [1.807, 2.05) is 5.01 Å². The van der Waals surface area contributed by atoms with Gasteiger partial charge in [0.15, 0.2) is 0 Å². The maximum Gasteiger partial charge on any atom is 0.236 e. The molecular formula is C9H16N2O2. The number of hydrazine groups is 1. The summed E-state index contributed by atoms with van der Waals surface area (Å²) < 4.78 is 0. The molecule has 1 N–H and O–H groups in total. The van der Waals surface area contributed by atoms with E-state index < -0.39 is 0 Å². The Morgan fingerprint density at radius 2 is 2.23 bits per heavy atom. The summed E-state index contributed by atoms with van der Waals surface area (Å²) in [5.41, 5.74) is 0. The molecule has 2 heterocycles. The molecule has 0 aromatic heterocycles. The minimum atomic E-state index is 0.170. The zero-order valence-corrected chi connectivity index (χ0v) is 7.78. The van der Waals surface area contributed by atoms with Crippen LogP contribution in [-0.4, -0.2) is 46.8 Å². The monoisotopic (exact) mass is 184 g/mol. The standard InChI is InChI=1S/C9H16N2O2/c12-7-8-3-1-5-10(8)11-6-2-4-9(11)13/h8,12H,1-7H2/t8-/m0/s1. The average Bonchev–Trinajstić information content (AvgIpc) is 2.71. The van der Waals surface area contributed by atoms with Crippen molar-refractivity contribution in [3.05, 3.63) is 0 Å². The molecule has 2 rings (SSSR count). The van der Waals surface area contributed by atoms with E-state index in [0.717, 1.165) is 32.4 Å². The van der Waals surface area contributed by atoms with Crippen LogP contribution in [0.2, 0.25) is 0 Å². The molecule has 74 valence electrons. The van der Waals surface area contributed by atoms with Crippen molar-refractivity contribution >= 4 is 5.91 Å². The van der Waals surface area contributed by atoms with E-state index in [4.69, 9.17) is 5.11 Å². The molecule has 1 atom stereocenters. The topological polar surface area (TPSA) is 43.8 Å². The van der Waals surface area contributed by atoms with E-state index in [-0.39, 0.29) is 18.6 Å². The highest BCUT2D eigenvalue weighted by molar-refractivity contribution is 5.77. The number of amides is 1.